The minimum atomic E-state index is -1.66. The summed E-state index contributed by atoms with van der Waals surface area (Å²) in [6.45, 7) is -0.250. The van der Waals surface area contributed by atoms with E-state index in [1.165, 1.54) is 25.7 Å². The van der Waals surface area contributed by atoms with E-state index < -0.39 is 7.32 Å². The Hall–Kier alpha value is -0.555. The zero-order valence-electron chi connectivity index (χ0n) is 10.2. The van der Waals surface area contributed by atoms with Crippen LogP contribution in [-0.4, -0.2) is 40.8 Å². The van der Waals surface area contributed by atoms with Gasteiger partial charge in [-0.25, -0.2) is 0 Å². The molecule has 0 atom stereocenters. The quantitative estimate of drug-likeness (QED) is 0.546. The second-order valence-corrected chi connectivity index (χ2v) is 3.87. The summed E-state index contributed by atoms with van der Waals surface area (Å²) < 4.78 is 4.85. The fourth-order valence-corrected chi connectivity index (χ4v) is 1.58. The first-order chi connectivity index (χ1) is 8.20. The normalized spacial score (nSPS) is 16.6. The van der Waals surface area contributed by atoms with Gasteiger partial charge < -0.3 is 24.9 Å². The van der Waals surface area contributed by atoms with Crippen LogP contribution in [0.1, 0.15) is 44.9 Å². The fourth-order valence-electron chi connectivity index (χ4n) is 1.58. The average Bonchev–Trinajstić information content (AvgIpc) is 2.43. The minimum Gasteiger partial charge on any atom is -0.516 e. The number of aliphatic hydroxyl groups is 2. The molecule has 0 unspecified atom stereocenters. The zero-order valence-corrected chi connectivity index (χ0v) is 10.2. The van der Waals surface area contributed by atoms with Gasteiger partial charge in [-0.15, -0.1) is 0 Å². The molecule has 0 saturated heterocycles. The monoisotopic (exact) mass is 246 g/mol. The Kier molecular flexibility index (Phi) is 11.5. The van der Waals surface area contributed by atoms with Crippen LogP contribution >= 0.6 is 0 Å². The lowest BCUT2D eigenvalue weighted by Gasteiger charge is -2.08. The van der Waals surface area contributed by atoms with Crippen molar-refractivity contribution < 1.29 is 24.9 Å². The first-order valence-electron chi connectivity index (χ1n) is 6.14. The van der Waals surface area contributed by atoms with Crippen molar-refractivity contribution in [2.45, 2.75) is 44.9 Å². The van der Waals surface area contributed by atoms with Crippen molar-refractivity contribution in [1.29, 1.82) is 0 Å². The van der Waals surface area contributed by atoms with Crippen LogP contribution in [0.15, 0.2) is 11.8 Å². The van der Waals surface area contributed by atoms with Gasteiger partial charge in [-0.1, -0.05) is 19.3 Å². The molecule has 1 rings (SSSR count). The highest BCUT2D eigenvalue weighted by atomic mass is 16.6. The van der Waals surface area contributed by atoms with Crippen LogP contribution in [0, 0.1) is 0 Å². The molecule has 0 aromatic carbocycles. The van der Waals surface area contributed by atoms with E-state index in [4.69, 9.17) is 24.9 Å². The van der Waals surface area contributed by atoms with Gasteiger partial charge in [0.15, 0.2) is 0 Å². The van der Waals surface area contributed by atoms with Gasteiger partial charge in [0, 0.05) is 6.42 Å². The summed E-state index contributed by atoms with van der Waals surface area (Å²) in [4.78, 5) is 0. The highest BCUT2D eigenvalue weighted by molar-refractivity contribution is 6.33. The second kappa shape index (κ2) is 11.9. The summed E-state index contributed by atoms with van der Waals surface area (Å²) in [5.41, 5.74) is 0. The third-order valence-corrected chi connectivity index (χ3v) is 2.36. The van der Waals surface area contributed by atoms with Crippen LogP contribution in [0.4, 0.5) is 0 Å². The van der Waals surface area contributed by atoms with Gasteiger partial charge >= 0.3 is 7.32 Å². The highest BCUT2D eigenvalue weighted by Crippen LogP contribution is 2.17. The molecular formula is C11H23BO5. The number of allylic oxidation sites excluding steroid dienone is 2. The zero-order chi connectivity index (χ0) is 12.9. The van der Waals surface area contributed by atoms with Gasteiger partial charge in [0.1, 0.15) is 0 Å². The van der Waals surface area contributed by atoms with Crippen molar-refractivity contribution >= 4 is 7.32 Å². The van der Waals surface area contributed by atoms with E-state index in [-0.39, 0.29) is 13.2 Å². The topological polar surface area (TPSA) is 90.2 Å². The lowest BCUT2D eigenvalue weighted by atomic mass is 10.1. The van der Waals surface area contributed by atoms with Gasteiger partial charge in [-0.3, -0.25) is 0 Å². The van der Waals surface area contributed by atoms with E-state index in [9.17, 15) is 0 Å². The number of hydrogen-bond donors (Lipinski definition) is 4. The standard InChI is InChI=1S/C9H17BO3.C2H6O2/c11-10(12)13-9-7-5-3-1-2-4-6-8-9;3-1-2-4/h7,11-12H,1-6,8H2;3-4H,1-2H2. The summed E-state index contributed by atoms with van der Waals surface area (Å²) in [7, 11) is -1.66. The number of aliphatic hydroxyl groups excluding tert-OH is 2. The van der Waals surface area contributed by atoms with Crippen LogP contribution in [0.25, 0.3) is 0 Å². The first kappa shape index (κ1) is 16.4. The SMILES string of the molecule is OB(O)OC1=CCCCCCCC1.OCCO. The molecule has 0 aliphatic heterocycles. The lowest BCUT2D eigenvalue weighted by molar-refractivity contribution is 0.186. The Morgan fingerprint density at radius 3 is 2.18 bits per heavy atom. The Bertz CT molecular complexity index is 194. The highest BCUT2D eigenvalue weighted by Gasteiger charge is 2.13. The van der Waals surface area contributed by atoms with Crippen LogP contribution in [0.3, 0.4) is 0 Å². The summed E-state index contributed by atoms with van der Waals surface area (Å²) in [5, 5.41) is 32.5. The van der Waals surface area contributed by atoms with Crippen molar-refractivity contribution in [2.75, 3.05) is 13.2 Å². The molecular weight excluding hydrogens is 223 g/mol. The smallest absolute Gasteiger partial charge is 0.516 e. The summed E-state index contributed by atoms with van der Waals surface area (Å²) >= 11 is 0. The maximum absolute atomic E-state index is 8.63. The molecule has 1 aliphatic rings. The van der Waals surface area contributed by atoms with E-state index in [0.29, 0.717) is 0 Å². The molecule has 0 saturated carbocycles. The molecule has 0 aromatic rings. The van der Waals surface area contributed by atoms with Crippen molar-refractivity contribution in [3.63, 3.8) is 0 Å². The molecule has 0 spiro atoms. The van der Waals surface area contributed by atoms with Crippen molar-refractivity contribution in [2.24, 2.45) is 0 Å². The van der Waals surface area contributed by atoms with Crippen LogP contribution < -0.4 is 0 Å². The van der Waals surface area contributed by atoms with Gasteiger partial charge in [-0.2, -0.15) is 0 Å². The van der Waals surface area contributed by atoms with Gasteiger partial charge in [0.2, 0.25) is 0 Å². The third-order valence-electron chi connectivity index (χ3n) is 2.36. The van der Waals surface area contributed by atoms with Crippen molar-refractivity contribution in [1.82, 2.24) is 0 Å². The van der Waals surface area contributed by atoms with Crippen LogP contribution in [0.2, 0.25) is 0 Å². The van der Waals surface area contributed by atoms with Crippen molar-refractivity contribution in [3.8, 4) is 0 Å². The Balaban J connectivity index is 0.000000557. The first-order valence-corrected chi connectivity index (χ1v) is 6.14. The Morgan fingerprint density at radius 1 is 1.00 bits per heavy atom. The van der Waals surface area contributed by atoms with Gasteiger partial charge in [0.25, 0.3) is 0 Å². The maximum Gasteiger partial charge on any atom is 0.707 e. The van der Waals surface area contributed by atoms with E-state index >= 15 is 0 Å². The summed E-state index contributed by atoms with van der Waals surface area (Å²) in [5.74, 6) is 0.733. The second-order valence-electron chi connectivity index (χ2n) is 3.87. The van der Waals surface area contributed by atoms with Gasteiger partial charge in [0.05, 0.1) is 19.0 Å². The van der Waals surface area contributed by atoms with E-state index in [2.05, 4.69) is 0 Å². The molecule has 0 aromatic heterocycles. The Labute approximate surface area is 103 Å². The predicted octanol–water partition coefficient (Wildman–Crippen LogP) is 0.572. The largest absolute Gasteiger partial charge is 0.707 e. The molecule has 0 radical (unpaired) electrons. The van der Waals surface area contributed by atoms with E-state index in [0.717, 1.165) is 25.0 Å². The van der Waals surface area contributed by atoms with Crippen LogP contribution in [-0.2, 0) is 4.65 Å². The molecule has 0 amide bonds. The molecule has 100 valence electrons. The average molecular weight is 246 g/mol. The van der Waals surface area contributed by atoms with E-state index in [1.807, 2.05) is 6.08 Å². The van der Waals surface area contributed by atoms with Crippen LogP contribution in [0.5, 0.6) is 0 Å². The molecule has 17 heavy (non-hydrogen) atoms. The number of hydrogen-bond acceptors (Lipinski definition) is 5. The van der Waals surface area contributed by atoms with Crippen molar-refractivity contribution in [3.05, 3.63) is 11.8 Å². The molecule has 0 fully saturated rings. The lowest BCUT2D eigenvalue weighted by Crippen LogP contribution is -2.16. The Morgan fingerprint density at radius 2 is 1.59 bits per heavy atom. The molecule has 1 aliphatic carbocycles. The van der Waals surface area contributed by atoms with E-state index in [1.54, 1.807) is 0 Å². The predicted molar refractivity (Wildman–Crippen MR) is 65.9 cm³/mol. The summed E-state index contributed by atoms with van der Waals surface area (Å²) in [6, 6.07) is 0. The maximum atomic E-state index is 8.63. The molecule has 0 bridgehead atoms. The minimum absolute atomic E-state index is 0.125. The molecule has 6 heteroatoms. The third kappa shape index (κ3) is 11.7. The molecule has 0 heterocycles. The summed E-state index contributed by atoms with van der Waals surface area (Å²) in [6.07, 6.45) is 9.81. The van der Waals surface area contributed by atoms with Gasteiger partial charge in [-0.05, 0) is 25.3 Å². The number of rotatable bonds is 3. The molecule has 4 N–H and O–H groups in total. The molecule has 5 nitrogen and oxygen atoms in total. The fraction of sp³-hybridized carbons (Fsp3) is 0.818.